The van der Waals surface area contributed by atoms with Crippen LogP contribution in [0.25, 0.3) is 0 Å². The Bertz CT molecular complexity index is 347. The van der Waals surface area contributed by atoms with Gasteiger partial charge in [0.2, 0.25) is 0 Å². The lowest BCUT2D eigenvalue weighted by Crippen LogP contribution is -2.12. The lowest BCUT2D eigenvalue weighted by atomic mass is 10.1. The van der Waals surface area contributed by atoms with E-state index >= 15 is 0 Å². The third-order valence-corrected chi connectivity index (χ3v) is 3.34. The summed E-state index contributed by atoms with van der Waals surface area (Å²) in [6.45, 7) is 4.20. The maximum Gasteiger partial charge on any atom is 0.123 e. The van der Waals surface area contributed by atoms with Gasteiger partial charge in [-0.1, -0.05) is 25.0 Å². The third kappa shape index (κ3) is 3.59. The second-order valence-corrected chi connectivity index (χ2v) is 4.75. The number of amidine groups is 1. The summed E-state index contributed by atoms with van der Waals surface area (Å²) in [6, 6.07) is 6.11. The van der Waals surface area contributed by atoms with Gasteiger partial charge in [0.1, 0.15) is 5.84 Å². The molecule has 1 rings (SSSR count). The zero-order valence-electron chi connectivity index (χ0n) is 9.34. The van der Waals surface area contributed by atoms with Gasteiger partial charge in [-0.15, -0.1) is 11.8 Å². The van der Waals surface area contributed by atoms with Crippen LogP contribution < -0.4 is 5.73 Å². The van der Waals surface area contributed by atoms with Gasteiger partial charge in [-0.05, 0) is 31.2 Å². The van der Waals surface area contributed by atoms with Crippen LogP contribution in [-0.2, 0) is 0 Å². The molecule has 1 aromatic rings. The molecule has 0 saturated heterocycles. The van der Waals surface area contributed by atoms with E-state index in [4.69, 9.17) is 11.1 Å². The zero-order valence-corrected chi connectivity index (χ0v) is 10.2. The van der Waals surface area contributed by atoms with Crippen molar-refractivity contribution >= 4 is 17.6 Å². The number of hydrogen-bond acceptors (Lipinski definition) is 2. The summed E-state index contributed by atoms with van der Waals surface area (Å²) in [5.41, 5.74) is 7.58. The molecule has 15 heavy (non-hydrogen) atoms. The first kappa shape index (κ1) is 12.1. The predicted molar refractivity (Wildman–Crippen MR) is 67.8 cm³/mol. The van der Waals surface area contributed by atoms with Crippen molar-refractivity contribution in [3.63, 3.8) is 0 Å². The Morgan fingerprint density at radius 1 is 1.47 bits per heavy atom. The number of unbranched alkanes of at least 4 members (excludes halogenated alkanes) is 1. The number of thioether (sulfide) groups is 1. The molecule has 0 saturated carbocycles. The van der Waals surface area contributed by atoms with Crippen LogP contribution in [0, 0.1) is 12.3 Å². The number of aryl methyl sites for hydroxylation is 1. The van der Waals surface area contributed by atoms with Crippen LogP contribution in [0.1, 0.15) is 30.9 Å². The average Bonchev–Trinajstić information content (AvgIpc) is 2.20. The largest absolute Gasteiger partial charge is 0.384 e. The number of nitrogens with two attached hydrogens (primary N) is 1. The highest BCUT2D eigenvalue weighted by Gasteiger charge is 2.05. The number of benzene rings is 1. The van der Waals surface area contributed by atoms with E-state index in [0.717, 1.165) is 21.8 Å². The second-order valence-electron chi connectivity index (χ2n) is 3.62. The summed E-state index contributed by atoms with van der Waals surface area (Å²) >= 11 is 1.79. The summed E-state index contributed by atoms with van der Waals surface area (Å²) in [7, 11) is 0. The smallest absolute Gasteiger partial charge is 0.123 e. The molecule has 0 aliphatic carbocycles. The van der Waals surface area contributed by atoms with Crippen molar-refractivity contribution in [2.75, 3.05) is 5.75 Å². The van der Waals surface area contributed by atoms with Gasteiger partial charge in [-0.2, -0.15) is 0 Å². The van der Waals surface area contributed by atoms with Crippen molar-refractivity contribution in [2.45, 2.75) is 31.6 Å². The van der Waals surface area contributed by atoms with Crippen molar-refractivity contribution in [1.29, 1.82) is 5.41 Å². The van der Waals surface area contributed by atoms with Crippen LogP contribution in [-0.4, -0.2) is 11.6 Å². The summed E-state index contributed by atoms with van der Waals surface area (Å²) in [5, 5.41) is 7.52. The monoisotopic (exact) mass is 222 g/mol. The molecule has 0 aliphatic heterocycles. The van der Waals surface area contributed by atoms with Gasteiger partial charge in [-0.3, -0.25) is 5.41 Å². The van der Waals surface area contributed by atoms with E-state index in [1.54, 1.807) is 11.8 Å². The summed E-state index contributed by atoms with van der Waals surface area (Å²) in [5.74, 6) is 1.26. The molecule has 0 fully saturated rings. The highest BCUT2D eigenvalue weighted by atomic mass is 32.2. The molecule has 0 aliphatic rings. The number of nitrogen functional groups attached to an aromatic ring is 1. The summed E-state index contributed by atoms with van der Waals surface area (Å²) < 4.78 is 0. The van der Waals surface area contributed by atoms with Crippen molar-refractivity contribution in [3.8, 4) is 0 Å². The molecule has 0 amide bonds. The molecule has 1 aromatic carbocycles. The summed E-state index contributed by atoms with van der Waals surface area (Å²) in [4.78, 5) is 1.13. The van der Waals surface area contributed by atoms with Gasteiger partial charge >= 0.3 is 0 Å². The van der Waals surface area contributed by atoms with Gasteiger partial charge < -0.3 is 5.73 Å². The predicted octanol–water partition coefficient (Wildman–Crippen LogP) is 3.17. The molecule has 82 valence electrons. The Kier molecular flexibility index (Phi) is 4.69. The minimum Gasteiger partial charge on any atom is -0.384 e. The standard InChI is InChI=1S/C12H18N2S/c1-3-4-7-15-11-6-5-9(2)8-10(11)12(13)14/h5-6,8H,3-4,7H2,1-2H3,(H3,13,14). The van der Waals surface area contributed by atoms with E-state index in [1.807, 2.05) is 13.0 Å². The molecule has 0 heterocycles. The molecule has 0 radical (unpaired) electrons. The minimum atomic E-state index is 0.165. The third-order valence-electron chi connectivity index (χ3n) is 2.18. The lowest BCUT2D eigenvalue weighted by molar-refractivity contribution is 0.896. The van der Waals surface area contributed by atoms with Crippen LogP contribution in [0.4, 0.5) is 0 Å². The van der Waals surface area contributed by atoms with Gasteiger partial charge in [-0.25, -0.2) is 0 Å². The van der Waals surface area contributed by atoms with E-state index in [-0.39, 0.29) is 5.84 Å². The minimum absolute atomic E-state index is 0.165. The zero-order chi connectivity index (χ0) is 11.3. The molecule has 2 nitrogen and oxygen atoms in total. The van der Waals surface area contributed by atoms with Crippen LogP contribution in [0.3, 0.4) is 0 Å². The van der Waals surface area contributed by atoms with E-state index in [0.29, 0.717) is 0 Å². The highest BCUT2D eigenvalue weighted by molar-refractivity contribution is 7.99. The van der Waals surface area contributed by atoms with Gasteiger partial charge in [0, 0.05) is 10.5 Å². The molecular weight excluding hydrogens is 204 g/mol. The topological polar surface area (TPSA) is 49.9 Å². The van der Waals surface area contributed by atoms with Crippen LogP contribution in [0.2, 0.25) is 0 Å². The van der Waals surface area contributed by atoms with Crippen molar-refractivity contribution in [2.24, 2.45) is 5.73 Å². The highest BCUT2D eigenvalue weighted by Crippen LogP contribution is 2.24. The molecule has 0 aromatic heterocycles. The second kappa shape index (κ2) is 5.81. The van der Waals surface area contributed by atoms with E-state index in [2.05, 4.69) is 19.1 Å². The average molecular weight is 222 g/mol. The quantitative estimate of drug-likeness (QED) is 0.348. The lowest BCUT2D eigenvalue weighted by Gasteiger charge is -2.08. The van der Waals surface area contributed by atoms with Gasteiger partial charge in [0.25, 0.3) is 0 Å². The first-order valence-electron chi connectivity index (χ1n) is 5.23. The fraction of sp³-hybridized carbons (Fsp3) is 0.417. The molecule has 0 atom stereocenters. The first-order valence-corrected chi connectivity index (χ1v) is 6.21. The Labute approximate surface area is 95.8 Å². The molecular formula is C12H18N2S. The number of rotatable bonds is 5. The SMILES string of the molecule is CCCCSc1ccc(C)cc1C(=N)N. The van der Waals surface area contributed by atoms with E-state index in [1.165, 1.54) is 12.8 Å². The van der Waals surface area contributed by atoms with Crippen LogP contribution in [0.5, 0.6) is 0 Å². The van der Waals surface area contributed by atoms with Crippen LogP contribution in [0.15, 0.2) is 23.1 Å². The van der Waals surface area contributed by atoms with E-state index in [9.17, 15) is 0 Å². The fourth-order valence-electron chi connectivity index (χ4n) is 1.31. The maximum atomic E-state index is 7.52. The Hall–Kier alpha value is -0.960. The van der Waals surface area contributed by atoms with E-state index < -0.39 is 0 Å². The maximum absolute atomic E-state index is 7.52. The molecule has 0 unspecified atom stereocenters. The van der Waals surface area contributed by atoms with Crippen molar-refractivity contribution < 1.29 is 0 Å². The molecule has 3 heteroatoms. The normalized spacial score (nSPS) is 10.3. The molecule has 0 bridgehead atoms. The first-order chi connectivity index (χ1) is 7.15. The van der Waals surface area contributed by atoms with Crippen molar-refractivity contribution in [3.05, 3.63) is 29.3 Å². The number of nitrogens with one attached hydrogen (secondary N) is 1. The van der Waals surface area contributed by atoms with Crippen LogP contribution >= 0.6 is 11.8 Å². The molecule has 3 N–H and O–H groups in total. The van der Waals surface area contributed by atoms with Gasteiger partial charge in [0.15, 0.2) is 0 Å². The van der Waals surface area contributed by atoms with Gasteiger partial charge in [0.05, 0.1) is 0 Å². The number of hydrogen-bond donors (Lipinski definition) is 2. The Morgan fingerprint density at radius 2 is 2.20 bits per heavy atom. The fourth-order valence-corrected chi connectivity index (χ4v) is 2.45. The van der Waals surface area contributed by atoms with Crippen molar-refractivity contribution in [1.82, 2.24) is 0 Å². The Morgan fingerprint density at radius 3 is 2.80 bits per heavy atom. The molecule has 0 spiro atoms. The summed E-state index contributed by atoms with van der Waals surface area (Å²) in [6.07, 6.45) is 2.41. The Balaban J connectivity index is 2.81.